The van der Waals surface area contributed by atoms with Gasteiger partial charge in [0.1, 0.15) is 29.5 Å². The van der Waals surface area contributed by atoms with Crippen molar-refractivity contribution < 1.29 is 22.8 Å². The molecule has 0 radical (unpaired) electrons. The van der Waals surface area contributed by atoms with Gasteiger partial charge in [-0.1, -0.05) is 42.5 Å². The maximum Gasteiger partial charge on any atom is 0.416 e. The first-order valence-electron chi connectivity index (χ1n) is 12.0. The van der Waals surface area contributed by atoms with Gasteiger partial charge in [0, 0.05) is 17.3 Å². The highest BCUT2D eigenvalue weighted by Crippen LogP contribution is 2.33. The Hall–Kier alpha value is -5.04. The number of nitrogen functional groups attached to an aromatic ring is 1. The fraction of sp³-hybridized carbons (Fsp3) is 0.111. The van der Waals surface area contributed by atoms with Crippen LogP contribution in [0.4, 0.5) is 24.8 Å². The molecule has 1 unspecified atom stereocenters. The first-order valence-corrected chi connectivity index (χ1v) is 12.5. The molecule has 3 aromatic heterocycles. The number of carbonyl (C=O) groups excluding carboxylic acids is 2. The Labute approximate surface area is 235 Å². The number of pyridine rings is 1. The van der Waals surface area contributed by atoms with E-state index in [1.165, 1.54) is 23.1 Å². The number of rotatable bonds is 7. The Balaban J connectivity index is 1.50. The summed E-state index contributed by atoms with van der Waals surface area (Å²) in [6.45, 7) is 0. The maximum atomic E-state index is 13.0. The summed E-state index contributed by atoms with van der Waals surface area (Å²) < 4.78 is 40.5. The highest BCUT2D eigenvalue weighted by Gasteiger charge is 2.31. The molecule has 10 nitrogen and oxygen atoms in total. The number of halogens is 4. The number of benzene rings is 2. The lowest BCUT2D eigenvalue weighted by Gasteiger charge is -2.19. The summed E-state index contributed by atoms with van der Waals surface area (Å²) in [7, 11) is 0. The predicted octanol–water partition coefficient (Wildman–Crippen LogP) is 4.64. The van der Waals surface area contributed by atoms with E-state index in [9.17, 15) is 22.8 Å². The summed E-state index contributed by atoms with van der Waals surface area (Å²) >= 11 is 5.76. The fourth-order valence-corrected chi connectivity index (χ4v) is 4.21. The number of nitrogens with two attached hydrogens (primary N) is 1. The SMILES string of the molecule is Nc1ncnc2c1c(-c1ccc(C(=O)Nc3cc(C(F)(F)F)ccn3)cc1)nn2C(NC(=O)CCl)c1ccccc1. The monoisotopic (exact) mass is 580 g/mol. The summed E-state index contributed by atoms with van der Waals surface area (Å²) in [5.41, 5.74) is 7.41. The minimum absolute atomic E-state index is 0.143. The molecule has 0 spiro atoms. The molecular formula is C27H20ClF3N8O2. The zero-order valence-corrected chi connectivity index (χ0v) is 21.7. The molecule has 0 aliphatic rings. The Kier molecular flexibility index (Phi) is 7.53. The van der Waals surface area contributed by atoms with Crippen molar-refractivity contribution >= 4 is 46.1 Å². The fourth-order valence-electron chi connectivity index (χ4n) is 4.13. The van der Waals surface area contributed by atoms with E-state index < -0.39 is 29.7 Å². The summed E-state index contributed by atoms with van der Waals surface area (Å²) in [6, 6.07) is 16.8. The normalized spacial score (nSPS) is 12.2. The Morgan fingerprint density at radius 1 is 1.00 bits per heavy atom. The van der Waals surface area contributed by atoms with Crippen molar-refractivity contribution in [2.75, 3.05) is 16.9 Å². The predicted molar refractivity (Wildman–Crippen MR) is 146 cm³/mol. The van der Waals surface area contributed by atoms with E-state index in [1.807, 2.05) is 30.3 Å². The standard InChI is InChI=1S/C27H20ClF3N8O2/c28-13-20(40)37-24(16-4-2-1-3-5-16)39-25-21(23(32)34-14-35-25)22(38-39)15-6-8-17(9-7-15)26(41)36-19-12-18(10-11-33-19)27(29,30)31/h1-12,14,24H,13H2,(H,37,40)(H2,32,34,35)(H,33,36,41). The van der Waals surface area contributed by atoms with Crippen LogP contribution in [-0.2, 0) is 11.0 Å². The number of fused-ring (bicyclic) bond motifs is 1. The molecule has 2 aromatic carbocycles. The Morgan fingerprint density at radius 2 is 1.73 bits per heavy atom. The van der Waals surface area contributed by atoms with Crippen molar-refractivity contribution in [3.8, 4) is 11.3 Å². The molecule has 14 heteroatoms. The number of nitrogens with one attached hydrogen (secondary N) is 2. The van der Waals surface area contributed by atoms with Crippen LogP contribution in [-0.4, -0.2) is 42.4 Å². The lowest BCUT2D eigenvalue weighted by atomic mass is 10.1. The number of nitrogens with zero attached hydrogens (tertiary/aromatic N) is 5. The second-order valence-electron chi connectivity index (χ2n) is 8.72. The van der Waals surface area contributed by atoms with Gasteiger partial charge in [-0.2, -0.15) is 18.3 Å². The largest absolute Gasteiger partial charge is 0.416 e. The van der Waals surface area contributed by atoms with Crippen LogP contribution >= 0.6 is 11.6 Å². The van der Waals surface area contributed by atoms with Crippen molar-refractivity contribution in [3.05, 3.63) is 95.9 Å². The van der Waals surface area contributed by atoms with Gasteiger partial charge in [0.15, 0.2) is 11.8 Å². The summed E-state index contributed by atoms with van der Waals surface area (Å²) in [6.07, 6.45) is -3.11. The van der Waals surface area contributed by atoms with Gasteiger partial charge in [0.05, 0.1) is 10.9 Å². The molecule has 0 aliphatic carbocycles. The van der Waals surface area contributed by atoms with Crippen molar-refractivity contribution in [2.45, 2.75) is 12.3 Å². The molecule has 1 atom stereocenters. The van der Waals surface area contributed by atoms with Gasteiger partial charge in [0.2, 0.25) is 5.91 Å². The zero-order valence-electron chi connectivity index (χ0n) is 20.9. The van der Waals surface area contributed by atoms with E-state index in [-0.39, 0.29) is 23.1 Å². The second-order valence-corrected chi connectivity index (χ2v) is 8.99. The van der Waals surface area contributed by atoms with Crippen LogP contribution in [0.3, 0.4) is 0 Å². The van der Waals surface area contributed by atoms with Gasteiger partial charge >= 0.3 is 6.18 Å². The van der Waals surface area contributed by atoms with Crippen LogP contribution in [0.15, 0.2) is 79.3 Å². The van der Waals surface area contributed by atoms with Gasteiger partial charge in [-0.3, -0.25) is 9.59 Å². The van der Waals surface area contributed by atoms with E-state index in [4.69, 9.17) is 22.4 Å². The van der Waals surface area contributed by atoms with E-state index in [0.29, 0.717) is 27.9 Å². The lowest BCUT2D eigenvalue weighted by Crippen LogP contribution is -2.34. The molecular weight excluding hydrogens is 561 g/mol. The van der Waals surface area contributed by atoms with Crippen LogP contribution in [0.25, 0.3) is 22.3 Å². The quantitative estimate of drug-likeness (QED) is 0.238. The van der Waals surface area contributed by atoms with Crippen molar-refractivity contribution in [1.29, 1.82) is 0 Å². The molecule has 0 aliphatic heterocycles. The zero-order chi connectivity index (χ0) is 29.1. The topological polar surface area (TPSA) is 141 Å². The third kappa shape index (κ3) is 5.79. The van der Waals surface area contributed by atoms with Gasteiger partial charge in [-0.15, -0.1) is 11.6 Å². The first-order chi connectivity index (χ1) is 19.7. The third-order valence-corrected chi connectivity index (χ3v) is 6.29. The van der Waals surface area contributed by atoms with Crippen molar-refractivity contribution in [1.82, 2.24) is 30.0 Å². The Bertz CT molecular complexity index is 1730. The number of aromatic nitrogens is 5. The van der Waals surface area contributed by atoms with Gasteiger partial charge in [-0.05, 0) is 29.8 Å². The number of carbonyl (C=O) groups is 2. The van der Waals surface area contributed by atoms with Gasteiger partial charge < -0.3 is 16.4 Å². The number of hydrogen-bond donors (Lipinski definition) is 3. The summed E-state index contributed by atoms with van der Waals surface area (Å²) in [5, 5.41) is 10.3. The van der Waals surface area contributed by atoms with Crippen LogP contribution < -0.4 is 16.4 Å². The maximum absolute atomic E-state index is 13.0. The van der Waals surface area contributed by atoms with Crippen molar-refractivity contribution in [2.24, 2.45) is 0 Å². The minimum atomic E-state index is -4.58. The molecule has 5 aromatic rings. The van der Waals surface area contributed by atoms with Crippen molar-refractivity contribution in [3.63, 3.8) is 0 Å². The molecule has 3 heterocycles. The van der Waals surface area contributed by atoms with E-state index in [2.05, 4.69) is 25.6 Å². The average Bonchev–Trinajstić information content (AvgIpc) is 3.36. The number of amides is 2. The number of hydrogen-bond acceptors (Lipinski definition) is 7. The smallest absolute Gasteiger partial charge is 0.383 e. The average molecular weight is 581 g/mol. The molecule has 0 fully saturated rings. The summed E-state index contributed by atoms with van der Waals surface area (Å²) in [4.78, 5) is 37.3. The van der Waals surface area contributed by atoms with E-state index in [1.54, 1.807) is 12.1 Å². The lowest BCUT2D eigenvalue weighted by molar-refractivity contribution is -0.137. The second kappa shape index (κ2) is 11.2. The highest BCUT2D eigenvalue weighted by molar-refractivity contribution is 6.27. The minimum Gasteiger partial charge on any atom is -0.383 e. The van der Waals surface area contributed by atoms with Crippen LogP contribution in [0.5, 0.6) is 0 Å². The van der Waals surface area contributed by atoms with Crippen LogP contribution in [0.2, 0.25) is 0 Å². The number of anilines is 2. The van der Waals surface area contributed by atoms with Gasteiger partial charge in [0.25, 0.3) is 5.91 Å². The van der Waals surface area contributed by atoms with Crippen LogP contribution in [0.1, 0.15) is 27.7 Å². The molecule has 5 rings (SSSR count). The third-order valence-electron chi connectivity index (χ3n) is 6.05. The first kappa shape index (κ1) is 27.5. The molecule has 0 saturated heterocycles. The van der Waals surface area contributed by atoms with E-state index in [0.717, 1.165) is 18.3 Å². The molecule has 2 amide bonds. The molecule has 208 valence electrons. The van der Waals surface area contributed by atoms with Crippen LogP contribution in [0, 0.1) is 0 Å². The number of alkyl halides is 4. The van der Waals surface area contributed by atoms with E-state index >= 15 is 0 Å². The van der Waals surface area contributed by atoms with Gasteiger partial charge in [-0.25, -0.2) is 19.6 Å². The molecule has 4 N–H and O–H groups in total. The molecule has 0 bridgehead atoms. The molecule has 0 saturated carbocycles. The molecule has 41 heavy (non-hydrogen) atoms. The summed E-state index contributed by atoms with van der Waals surface area (Å²) in [5.74, 6) is -1.46. The Morgan fingerprint density at radius 3 is 2.41 bits per heavy atom. The highest BCUT2D eigenvalue weighted by atomic mass is 35.5.